The summed E-state index contributed by atoms with van der Waals surface area (Å²) in [6.45, 7) is 5.01. The van der Waals surface area contributed by atoms with Crippen LogP contribution >= 0.6 is 0 Å². The first-order valence-electron chi connectivity index (χ1n) is 7.48. The van der Waals surface area contributed by atoms with E-state index in [0.717, 1.165) is 51.7 Å². The van der Waals surface area contributed by atoms with Crippen LogP contribution in [-0.4, -0.2) is 48.9 Å². The van der Waals surface area contributed by atoms with Gasteiger partial charge >= 0.3 is 0 Å². The number of hydrogen-bond donors (Lipinski definition) is 2. The highest BCUT2D eigenvalue weighted by atomic mass is 16.2. The van der Waals surface area contributed by atoms with Gasteiger partial charge in [-0.05, 0) is 45.2 Å². The first kappa shape index (κ1) is 14.3. The van der Waals surface area contributed by atoms with Crippen molar-refractivity contribution in [3.8, 4) is 0 Å². The Bertz CT molecular complexity index is 321. The van der Waals surface area contributed by atoms with Crippen molar-refractivity contribution in [1.82, 2.24) is 15.5 Å². The Hall–Kier alpha value is -1.10. The van der Waals surface area contributed by atoms with Crippen molar-refractivity contribution in [2.45, 2.75) is 45.1 Å². The smallest absolute Gasteiger partial charge is 0.234 e. The summed E-state index contributed by atoms with van der Waals surface area (Å²) in [6.07, 6.45) is 4.97. The van der Waals surface area contributed by atoms with Crippen LogP contribution in [0.5, 0.6) is 0 Å². The van der Waals surface area contributed by atoms with Gasteiger partial charge in [-0.3, -0.25) is 14.5 Å². The Morgan fingerprint density at radius 2 is 1.84 bits per heavy atom. The summed E-state index contributed by atoms with van der Waals surface area (Å²) in [5.41, 5.74) is 0. The average Bonchev–Trinajstić information content (AvgIpc) is 3.20. The molecule has 0 spiro atoms. The molecule has 2 aliphatic rings. The number of nitrogens with one attached hydrogen (secondary N) is 2. The van der Waals surface area contributed by atoms with Gasteiger partial charge in [-0.25, -0.2) is 0 Å². The number of hydrogen-bond acceptors (Lipinski definition) is 3. The molecule has 2 N–H and O–H groups in total. The van der Waals surface area contributed by atoms with Crippen molar-refractivity contribution in [1.29, 1.82) is 0 Å². The molecule has 2 fully saturated rings. The summed E-state index contributed by atoms with van der Waals surface area (Å²) in [5, 5.41) is 5.96. The van der Waals surface area contributed by atoms with E-state index in [2.05, 4.69) is 22.5 Å². The molecule has 2 amide bonds. The lowest BCUT2D eigenvalue weighted by atomic mass is 9.96. The van der Waals surface area contributed by atoms with Crippen molar-refractivity contribution >= 4 is 11.8 Å². The van der Waals surface area contributed by atoms with Crippen molar-refractivity contribution in [2.75, 3.05) is 26.2 Å². The third-order valence-corrected chi connectivity index (χ3v) is 3.82. The summed E-state index contributed by atoms with van der Waals surface area (Å²) in [7, 11) is 0. The molecule has 0 aromatic rings. The maximum atomic E-state index is 11.8. The monoisotopic (exact) mass is 267 g/mol. The van der Waals surface area contributed by atoms with E-state index < -0.39 is 0 Å². The van der Waals surface area contributed by atoms with E-state index in [1.807, 2.05) is 0 Å². The lowest BCUT2D eigenvalue weighted by Gasteiger charge is -2.30. The summed E-state index contributed by atoms with van der Waals surface area (Å²) in [6, 6.07) is 0.435. The first-order valence-corrected chi connectivity index (χ1v) is 7.48. The number of carbonyl (C=O) groups is 2. The molecule has 1 saturated heterocycles. The summed E-state index contributed by atoms with van der Waals surface area (Å²) >= 11 is 0. The zero-order chi connectivity index (χ0) is 13.7. The molecule has 1 aliphatic heterocycles. The van der Waals surface area contributed by atoms with E-state index in [1.54, 1.807) is 0 Å². The molecule has 0 aromatic heterocycles. The Morgan fingerprint density at radius 1 is 1.16 bits per heavy atom. The highest BCUT2D eigenvalue weighted by Gasteiger charge is 2.27. The third kappa shape index (κ3) is 4.82. The van der Waals surface area contributed by atoms with Crippen molar-refractivity contribution in [3.05, 3.63) is 0 Å². The molecule has 2 rings (SSSR count). The van der Waals surface area contributed by atoms with E-state index in [1.165, 1.54) is 0 Å². The normalized spacial score (nSPS) is 21.1. The minimum absolute atomic E-state index is 0.134. The van der Waals surface area contributed by atoms with Crippen LogP contribution in [0, 0.1) is 5.92 Å². The average molecular weight is 267 g/mol. The van der Waals surface area contributed by atoms with Crippen LogP contribution in [0.1, 0.15) is 39.0 Å². The highest BCUT2D eigenvalue weighted by molar-refractivity contribution is 5.79. The minimum atomic E-state index is 0.134. The first-order chi connectivity index (χ1) is 9.19. The molecule has 108 valence electrons. The standard InChI is InChI=1S/C14H25N3O2/c1-2-7-15-14(19)11-5-8-17(9-6-11)10-13(18)16-12-3-4-12/h11-12H,2-10H2,1H3,(H,15,19)(H,16,18). The summed E-state index contributed by atoms with van der Waals surface area (Å²) in [4.78, 5) is 25.7. The predicted molar refractivity (Wildman–Crippen MR) is 73.6 cm³/mol. The molecule has 0 radical (unpaired) electrons. The van der Waals surface area contributed by atoms with Gasteiger partial charge in [-0.15, -0.1) is 0 Å². The fourth-order valence-electron chi connectivity index (χ4n) is 2.45. The predicted octanol–water partition coefficient (Wildman–Crippen LogP) is 0.503. The molecule has 1 saturated carbocycles. The van der Waals surface area contributed by atoms with Crippen molar-refractivity contribution in [2.24, 2.45) is 5.92 Å². The fraction of sp³-hybridized carbons (Fsp3) is 0.857. The zero-order valence-electron chi connectivity index (χ0n) is 11.8. The van der Waals surface area contributed by atoms with Gasteiger partial charge in [-0.2, -0.15) is 0 Å². The minimum Gasteiger partial charge on any atom is -0.356 e. The van der Waals surface area contributed by atoms with E-state index >= 15 is 0 Å². The van der Waals surface area contributed by atoms with E-state index in [0.29, 0.717) is 12.6 Å². The third-order valence-electron chi connectivity index (χ3n) is 3.82. The number of likely N-dealkylation sites (tertiary alicyclic amines) is 1. The van der Waals surface area contributed by atoms with Gasteiger partial charge in [0.05, 0.1) is 6.54 Å². The van der Waals surface area contributed by atoms with Crippen LogP contribution in [0.2, 0.25) is 0 Å². The van der Waals surface area contributed by atoms with E-state index in [4.69, 9.17) is 0 Å². The maximum Gasteiger partial charge on any atom is 0.234 e. The van der Waals surface area contributed by atoms with E-state index in [-0.39, 0.29) is 17.7 Å². The van der Waals surface area contributed by atoms with Gasteiger partial charge in [0, 0.05) is 18.5 Å². The van der Waals surface area contributed by atoms with Gasteiger partial charge < -0.3 is 10.6 Å². The number of piperidine rings is 1. The van der Waals surface area contributed by atoms with Crippen LogP contribution in [0.3, 0.4) is 0 Å². The van der Waals surface area contributed by atoms with Crippen molar-refractivity contribution < 1.29 is 9.59 Å². The zero-order valence-corrected chi connectivity index (χ0v) is 11.8. The van der Waals surface area contributed by atoms with Crippen LogP contribution in [-0.2, 0) is 9.59 Å². The number of carbonyl (C=O) groups excluding carboxylic acids is 2. The number of amides is 2. The SMILES string of the molecule is CCCNC(=O)C1CCN(CC(=O)NC2CC2)CC1. The summed E-state index contributed by atoms with van der Waals surface area (Å²) < 4.78 is 0. The van der Waals surface area contributed by atoms with Crippen LogP contribution < -0.4 is 10.6 Å². The maximum absolute atomic E-state index is 11.8. The van der Waals surface area contributed by atoms with Gasteiger partial charge in [0.1, 0.15) is 0 Å². The molecule has 0 atom stereocenters. The van der Waals surface area contributed by atoms with Gasteiger partial charge in [0.25, 0.3) is 0 Å². The van der Waals surface area contributed by atoms with Crippen LogP contribution in [0.25, 0.3) is 0 Å². The molecule has 0 unspecified atom stereocenters. The Morgan fingerprint density at radius 3 is 2.42 bits per heavy atom. The Balaban J connectivity index is 1.63. The Kier molecular flexibility index (Phi) is 5.19. The molecule has 0 bridgehead atoms. The number of rotatable bonds is 6. The lowest BCUT2D eigenvalue weighted by molar-refractivity contribution is -0.126. The highest BCUT2D eigenvalue weighted by Crippen LogP contribution is 2.19. The quantitative estimate of drug-likeness (QED) is 0.737. The van der Waals surface area contributed by atoms with Crippen LogP contribution in [0.15, 0.2) is 0 Å². The molecule has 19 heavy (non-hydrogen) atoms. The second-order valence-electron chi connectivity index (χ2n) is 5.68. The van der Waals surface area contributed by atoms with E-state index in [9.17, 15) is 9.59 Å². The molecule has 5 nitrogen and oxygen atoms in total. The topological polar surface area (TPSA) is 61.4 Å². The molecule has 5 heteroatoms. The van der Waals surface area contributed by atoms with Gasteiger partial charge in [0.15, 0.2) is 0 Å². The molecular weight excluding hydrogens is 242 g/mol. The van der Waals surface area contributed by atoms with Gasteiger partial charge in [0.2, 0.25) is 11.8 Å². The van der Waals surface area contributed by atoms with Gasteiger partial charge in [-0.1, -0.05) is 6.92 Å². The summed E-state index contributed by atoms with van der Waals surface area (Å²) in [5.74, 6) is 0.453. The largest absolute Gasteiger partial charge is 0.356 e. The number of nitrogens with zero attached hydrogens (tertiary/aromatic N) is 1. The molecule has 1 aliphatic carbocycles. The molecule has 0 aromatic carbocycles. The lowest BCUT2D eigenvalue weighted by Crippen LogP contribution is -2.44. The second-order valence-corrected chi connectivity index (χ2v) is 5.68. The van der Waals surface area contributed by atoms with Crippen molar-refractivity contribution in [3.63, 3.8) is 0 Å². The molecule has 1 heterocycles. The molecular formula is C14H25N3O2. The Labute approximate surface area is 115 Å². The second kappa shape index (κ2) is 6.89. The van der Waals surface area contributed by atoms with Crippen LogP contribution in [0.4, 0.5) is 0 Å². The fourth-order valence-corrected chi connectivity index (χ4v) is 2.45.